The van der Waals surface area contributed by atoms with Crippen molar-refractivity contribution >= 4 is 33.7 Å². The predicted octanol–water partition coefficient (Wildman–Crippen LogP) is 4.01. The van der Waals surface area contributed by atoms with Crippen LogP contribution >= 0.6 is 0 Å². The third-order valence-electron chi connectivity index (χ3n) is 6.71. The Morgan fingerprint density at radius 2 is 2.12 bits per heavy atom. The summed E-state index contributed by atoms with van der Waals surface area (Å²) in [6, 6.07) is 7.73. The maximum absolute atomic E-state index is 13.5. The van der Waals surface area contributed by atoms with E-state index in [1.807, 2.05) is 49.3 Å². The Morgan fingerprint density at radius 1 is 1.28 bits per heavy atom. The molecule has 4 aromatic rings. The lowest BCUT2D eigenvalue weighted by Gasteiger charge is -2.42. The second-order valence-corrected chi connectivity index (χ2v) is 8.55. The SMILES string of the molecule is COc1ccc2oc(C(=O)N3CCC(C)C(N(C)c4ncnc5[nH]ccc45)C3)c(C)c2c1. The molecule has 5 rings (SSSR count). The molecule has 8 nitrogen and oxygen atoms in total. The van der Waals surface area contributed by atoms with Gasteiger partial charge in [-0.3, -0.25) is 4.79 Å². The van der Waals surface area contributed by atoms with Crippen molar-refractivity contribution in [3.05, 3.63) is 48.1 Å². The van der Waals surface area contributed by atoms with E-state index in [9.17, 15) is 4.79 Å². The van der Waals surface area contributed by atoms with Gasteiger partial charge in [-0.1, -0.05) is 6.92 Å². The number of nitrogens with one attached hydrogen (secondary N) is 1. The molecule has 32 heavy (non-hydrogen) atoms. The number of carbonyl (C=O) groups is 1. The third kappa shape index (κ3) is 3.26. The molecular formula is C24H27N5O3. The summed E-state index contributed by atoms with van der Waals surface area (Å²) in [4.78, 5) is 29.5. The zero-order valence-corrected chi connectivity index (χ0v) is 18.8. The van der Waals surface area contributed by atoms with Crippen LogP contribution in [0.5, 0.6) is 5.75 Å². The number of H-pyrrole nitrogens is 1. The molecule has 0 spiro atoms. The van der Waals surface area contributed by atoms with Gasteiger partial charge >= 0.3 is 0 Å². The fraction of sp³-hybridized carbons (Fsp3) is 0.375. The molecule has 0 saturated carbocycles. The quantitative estimate of drug-likeness (QED) is 0.523. The molecule has 1 saturated heterocycles. The molecule has 0 bridgehead atoms. The average molecular weight is 434 g/mol. The smallest absolute Gasteiger partial charge is 0.289 e. The zero-order valence-electron chi connectivity index (χ0n) is 18.8. The molecule has 166 valence electrons. The van der Waals surface area contributed by atoms with Crippen molar-refractivity contribution in [2.75, 3.05) is 32.1 Å². The molecule has 0 radical (unpaired) electrons. The standard InChI is InChI=1S/C24H27N5O3/c1-14-8-10-29(12-19(14)28(3)23-17-7-9-25-22(17)26-13-27-23)24(30)21-15(2)18-11-16(31-4)5-6-20(18)32-21/h5-7,9,11,13-14,19H,8,10,12H2,1-4H3,(H,25,26,27). The van der Waals surface area contributed by atoms with E-state index in [0.29, 0.717) is 30.4 Å². The largest absolute Gasteiger partial charge is 0.497 e. The number of benzene rings is 1. The van der Waals surface area contributed by atoms with Crippen LogP contribution in [0, 0.1) is 12.8 Å². The first-order chi connectivity index (χ1) is 15.5. The number of aromatic amines is 1. The highest BCUT2D eigenvalue weighted by Crippen LogP contribution is 2.32. The van der Waals surface area contributed by atoms with Crippen LogP contribution in [0.3, 0.4) is 0 Å². The van der Waals surface area contributed by atoms with Crippen molar-refractivity contribution < 1.29 is 13.9 Å². The summed E-state index contributed by atoms with van der Waals surface area (Å²) in [5.41, 5.74) is 2.35. The summed E-state index contributed by atoms with van der Waals surface area (Å²) in [5.74, 6) is 2.36. The number of nitrogens with zero attached hydrogens (tertiary/aromatic N) is 4. The summed E-state index contributed by atoms with van der Waals surface area (Å²) in [6.07, 6.45) is 4.36. The number of piperidine rings is 1. The van der Waals surface area contributed by atoms with Gasteiger partial charge in [-0.25, -0.2) is 9.97 Å². The number of carbonyl (C=O) groups excluding carboxylic acids is 1. The summed E-state index contributed by atoms with van der Waals surface area (Å²) in [5, 5.41) is 1.88. The Labute approximate surface area is 186 Å². The predicted molar refractivity (Wildman–Crippen MR) is 123 cm³/mol. The summed E-state index contributed by atoms with van der Waals surface area (Å²) in [7, 11) is 3.68. The van der Waals surface area contributed by atoms with E-state index in [1.165, 1.54) is 0 Å². The number of anilines is 1. The van der Waals surface area contributed by atoms with Gasteiger partial charge in [0, 0.05) is 37.3 Å². The molecule has 1 aromatic carbocycles. The molecule has 3 aromatic heterocycles. The maximum Gasteiger partial charge on any atom is 0.289 e. The molecule has 1 amide bonds. The number of rotatable bonds is 4. The van der Waals surface area contributed by atoms with E-state index < -0.39 is 0 Å². The first-order valence-corrected chi connectivity index (χ1v) is 10.8. The van der Waals surface area contributed by atoms with Crippen molar-refractivity contribution in [1.29, 1.82) is 0 Å². The highest BCUT2D eigenvalue weighted by molar-refractivity contribution is 5.99. The maximum atomic E-state index is 13.5. The lowest BCUT2D eigenvalue weighted by Crippen LogP contribution is -2.52. The highest BCUT2D eigenvalue weighted by atomic mass is 16.5. The molecule has 1 aliphatic rings. The minimum absolute atomic E-state index is 0.0718. The Morgan fingerprint density at radius 3 is 2.94 bits per heavy atom. The number of hydrogen-bond acceptors (Lipinski definition) is 6. The second kappa shape index (κ2) is 7.85. The van der Waals surface area contributed by atoms with E-state index in [1.54, 1.807) is 13.4 Å². The van der Waals surface area contributed by atoms with Gasteiger partial charge in [-0.05, 0) is 43.5 Å². The topological polar surface area (TPSA) is 87.5 Å². The normalized spacial score (nSPS) is 18.9. The minimum Gasteiger partial charge on any atom is -0.497 e. The van der Waals surface area contributed by atoms with Gasteiger partial charge in [0.05, 0.1) is 18.5 Å². The van der Waals surface area contributed by atoms with Gasteiger partial charge in [0.15, 0.2) is 5.76 Å². The summed E-state index contributed by atoms with van der Waals surface area (Å²) in [6.45, 7) is 5.47. The number of aryl methyl sites for hydroxylation is 1. The lowest BCUT2D eigenvalue weighted by atomic mass is 9.92. The number of aromatic nitrogens is 3. The van der Waals surface area contributed by atoms with Crippen LogP contribution in [0.2, 0.25) is 0 Å². The lowest BCUT2D eigenvalue weighted by molar-refractivity contribution is 0.0639. The highest BCUT2D eigenvalue weighted by Gasteiger charge is 2.34. The Kier molecular flexibility index (Phi) is 5.00. The molecule has 1 N–H and O–H groups in total. The molecule has 1 aliphatic heterocycles. The van der Waals surface area contributed by atoms with Gasteiger partial charge in [-0.2, -0.15) is 0 Å². The van der Waals surface area contributed by atoms with E-state index >= 15 is 0 Å². The molecule has 8 heteroatoms. The van der Waals surface area contributed by atoms with Gasteiger partial charge in [0.2, 0.25) is 0 Å². The van der Waals surface area contributed by atoms with Gasteiger partial charge in [0.1, 0.15) is 29.1 Å². The van der Waals surface area contributed by atoms with E-state index in [0.717, 1.165) is 40.0 Å². The van der Waals surface area contributed by atoms with E-state index in [4.69, 9.17) is 9.15 Å². The van der Waals surface area contributed by atoms with E-state index in [2.05, 4.69) is 26.8 Å². The first-order valence-electron chi connectivity index (χ1n) is 10.8. The first kappa shape index (κ1) is 20.4. The minimum atomic E-state index is -0.0718. The molecule has 0 aliphatic carbocycles. The Balaban J connectivity index is 1.43. The van der Waals surface area contributed by atoms with Crippen LogP contribution < -0.4 is 9.64 Å². The van der Waals surface area contributed by atoms with Gasteiger partial charge in [0.25, 0.3) is 5.91 Å². The number of likely N-dealkylation sites (N-methyl/N-ethyl adjacent to an activating group) is 1. The van der Waals surface area contributed by atoms with Crippen LogP contribution in [0.4, 0.5) is 5.82 Å². The molecular weight excluding hydrogens is 406 g/mol. The Bertz CT molecular complexity index is 1290. The van der Waals surface area contributed by atoms with Crippen molar-refractivity contribution in [3.8, 4) is 5.75 Å². The average Bonchev–Trinajstić information content (AvgIpc) is 3.42. The summed E-state index contributed by atoms with van der Waals surface area (Å²) < 4.78 is 11.3. The zero-order chi connectivity index (χ0) is 22.4. The number of fused-ring (bicyclic) bond motifs is 2. The van der Waals surface area contributed by atoms with E-state index in [-0.39, 0.29) is 11.9 Å². The van der Waals surface area contributed by atoms with Crippen LogP contribution in [-0.4, -0.2) is 59.0 Å². The van der Waals surface area contributed by atoms with Crippen LogP contribution in [-0.2, 0) is 0 Å². The number of likely N-dealkylation sites (tertiary alicyclic amines) is 1. The number of furan rings is 1. The van der Waals surface area contributed by atoms with Crippen LogP contribution in [0.25, 0.3) is 22.0 Å². The van der Waals surface area contributed by atoms with Crippen LogP contribution in [0.1, 0.15) is 29.5 Å². The molecule has 2 unspecified atom stereocenters. The van der Waals surface area contributed by atoms with Crippen molar-refractivity contribution in [3.63, 3.8) is 0 Å². The summed E-state index contributed by atoms with van der Waals surface area (Å²) >= 11 is 0. The van der Waals surface area contributed by atoms with Gasteiger partial charge in [-0.15, -0.1) is 0 Å². The van der Waals surface area contributed by atoms with Gasteiger partial charge < -0.3 is 23.9 Å². The fourth-order valence-electron chi connectivity index (χ4n) is 4.71. The molecule has 2 atom stereocenters. The number of ether oxygens (including phenoxy) is 1. The number of amides is 1. The van der Waals surface area contributed by atoms with Crippen molar-refractivity contribution in [2.24, 2.45) is 5.92 Å². The monoisotopic (exact) mass is 433 g/mol. The third-order valence-corrected chi connectivity index (χ3v) is 6.71. The molecule has 1 fully saturated rings. The Hall–Kier alpha value is -3.55. The van der Waals surface area contributed by atoms with Crippen molar-refractivity contribution in [2.45, 2.75) is 26.3 Å². The number of methoxy groups -OCH3 is 1. The second-order valence-electron chi connectivity index (χ2n) is 8.55. The fourth-order valence-corrected chi connectivity index (χ4v) is 4.71. The van der Waals surface area contributed by atoms with Crippen LogP contribution in [0.15, 0.2) is 41.2 Å². The van der Waals surface area contributed by atoms with Crippen molar-refractivity contribution in [1.82, 2.24) is 19.9 Å². The number of hydrogen-bond donors (Lipinski definition) is 1. The molecule has 4 heterocycles.